The number of phenolic OH excluding ortho intramolecular Hbond substituents is 1. The number of aromatic hydroxyl groups is 1. The molecule has 0 radical (unpaired) electrons. The molecule has 0 atom stereocenters. The summed E-state index contributed by atoms with van der Waals surface area (Å²) in [6, 6.07) is 4.89. The third kappa shape index (κ3) is 3.60. The van der Waals surface area contributed by atoms with E-state index in [1.54, 1.807) is 12.1 Å². The van der Waals surface area contributed by atoms with Crippen LogP contribution >= 0.6 is 27.5 Å². The highest BCUT2D eigenvalue weighted by Gasteiger charge is 1.95. The summed E-state index contributed by atoms with van der Waals surface area (Å²) < 4.78 is 0.866. The van der Waals surface area contributed by atoms with Crippen LogP contribution < -0.4 is 0 Å². The summed E-state index contributed by atoms with van der Waals surface area (Å²) in [4.78, 5) is 0. The number of aliphatic hydroxyl groups is 1. The molecule has 1 rings (SSSR count). The van der Waals surface area contributed by atoms with E-state index >= 15 is 0 Å². The molecule has 1 aromatic carbocycles. The normalized spacial score (nSPS) is 8.36. The number of phenols is 1. The Bertz CT molecular complexity index is 228. The number of aliphatic hydroxyl groups excluding tert-OH is 1. The summed E-state index contributed by atoms with van der Waals surface area (Å²) in [6.45, 7) is 0. The van der Waals surface area contributed by atoms with Gasteiger partial charge in [-0.25, -0.2) is 0 Å². The van der Waals surface area contributed by atoms with Gasteiger partial charge in [-0.3, -0.25) is 0 Å². The van der Waals surface area contributed by atoms with Crippen molar-refractivity contribution in [1.29, 1.82) is 0 Å². The molecule has 0 heterocycles. The minimum Gasteiger partial charge on any atom is -0.506 e. The number of halogens is 2. The van der Waals surface area contributed by atoms with Gasteiger partial charge in [0.2, 0.25) is 0 Å². The maximum Gasteiger partial charge on any atom is 0.134 e. The Labute approximate surface area is 78.6 Å². The molecule has 0 fully saturated rings. The van der Waals surface area contributed by atoms with E-state index in [1.807, 2.05) is 0 Å². The molecule has 0 spiro atoms. The van der Waals surface area contributed by atoms with Gasteiger partial charge in [0.15, 0.2) is 0 Å². The van der Waals surface area contributed by atoms with Crippen LogP contribution in [0.5, 0.6) is 5.75 Å². The quantitative estimate of drug-likeness (QED) is 0.730. The van der Waals surface area contributed by atoms with Gasteiger partial charge in [0, 0.05) is 11.6 Å². The highest BCUT2D eigenvalue weighted by atomic mass is 79.9. The third-order valence-electron chi connectivity index (χ3n) is 0.910. The summed E-state index contributed by atoms with van der Waals surface area (Å²) in [5.74, 6) is 0.111. The standard InChI is InChI=1S/C6H4BrClO.CH4O/c7-4-1-2-6(9)5(8)3-4;1-2/h1-3,9H;2H,1H3. The third-order valence-corrected chi connectivity index (χ3v) is 1.71. The average Bonchev–Trinajstić information content (AvgIpc) is 2.02. The van der Waals surface area contributed by atoms with Crippen LogP contribution in [0.3, 0.4) is 0 Å². The zero-order valence-electron chi connectivity index (χ0n) is 5.88. The van der Waals surface area contributed by atoms with Crippen LogP contribution in [0.4, 0.5) is 0 Å². The van der Waals surface area contributed by atoms with E-state index in [4.69, 9.17) is 21.8 Å². The van der Waals surface area contributed by atoms with Gasteiger partial charge < -0.3 is 10.2 Å². The van der Waals surface area contributed by atoms with Gasteiger partial charge in [0.1, 0.15) is 5.75 Å². The average molecular weight is 239 g/mol. The molecule has 0 aliphatic heterocycles. The van der Waals surface area contributed by atoms with Crippen molar-refractivity contribution < 1.29 is 10.2 Å². The van der Waals surface area contributed by atoms with Crippen LogP contribution in [-0.2, 0) is 0 Å². The molecule has 0 aliphatic rings. The van der Waals surface area contributed by atoms with Crippen molar-refractivity contribution in [2.75, 3.05) is 7.11 Å². The Balaban J connectivity index is 0.000000461. The van der Waals surface area contributed by atoms with Crippen molar-refractivity contribution in [3.05, 3.63) is 27.7 Å². The molecular weight excluding hydrogens is 231 g/mol. The molecule has 11 heavy (non-hydrogen) atoms. The van der Waals surface area contributed by atoms with Crippen molar-refractivity contribution in [3.63, 3.8) is 0 Å². The molecule has 0 unspecified atom stereocenters. The smallest absolute Gasteiger partial charge is 0.134 e. The van der Waals surface area contributed by atoms with E-state index in [2.05, 4.69) is 15.9 Å². The molecule has 0 saturated carbocycles. The fourth-order valence-electron chi connectivity index (χ4n) is 0.481. The Kier molecular flexibility index (Phi) is 5.28. The van der Waals surface area contributed by atoms with Gasteiger partial charge in [-0.05, 0) is 18.2 Å². The van der Waals surface area contributed by atoms with E-state index in [-0.39, 0.29) is 5.75 Å². The molecular formula is C7H8BrClO2. The molecule has 2 N–H and O–H groups in total. The summed E-state index contributed by atoms with van der Waals surface area (Å²) in [5.41, 5.74) is 0. The first-order chi connectivity index (χ1) is 5.20. The lowest BCUT2D eigenvalue weighted by molar-refractivity contribution is 0.399. The monoisotopic (exact) mass is 238 g/mol. The van der Waals surface area contributed by atoms with Crippen molar-refractivity contribution in [3.8, 4) is 5.75 Å². The number of hydrogen-bond acceptors (Lipinski definition) is 2. The Morgan fingerprint density at radius 2 is 1.91 bits per heavy atom. The van der Waals surface area contributed by atoms with E-state index in [1.165, 1.54) is 6.07 Å². The summed E-state index contributed by atoms with van der Waals surface area (Å²) in [5, 5.41) is 16.3. The zero-order valence-corrected chi connectivity index (χ0v) is 8.22. The summed E-state index contributed by atoms with van der Waals surface area (Å²) >= 11 is 8.73. The molecule has 0 amide bonds. The predicted octanol–water partition coefficient (Wildman–Crippen LogP) is 2.42. The number of rotatable bonds is 0. The van der Waals surface area contributed by atoms with E-state index in [0.717, 1.165) is 11.6 Å². The first kappa shape index (κ1) is 10.8. The Hall–Kier alpha value is -0.250. The van der Waals surface area contributed by atoms with E-state index in [0.29, 0.717) is 5.02 Å². The van der Waals surface area contributed by atoms with Gasteiger partial charge in [-0.2, -0.15) is 0 Å². The van der Waals surface area contributed by atoms with Crippen molar-refractivity contribution in [2.45, 2.75) is 0 Å². The lowest BCUT2D eigenvalue weighted by Crippen LogP contribution is -1.66. The highest BCUT2D eigenvalue weighted by Crippen LogP contribution is 2.25. The van der Waals surface area contributed by atoms with Crippen LogP contribution in [0.1, 0.15) is 0 Å². The topological polar surface area (TPSA) is 40.5 Å². The Morgan fingerprint density at radius 3 is 2.27 bits per heavy atom. The second kappa shape index (κ2) is 5.41. The number of hydrogen-bond donors (Lipinski definition) is 2. The SMILES string of the molecule is CO.Oc1ccc(Br)cc1Cl. The molecule has 0 aromatic heterocycles. The van der Waals surface area contributed by atoms with Gasteiger partial charge in [-0.15, -0.1) is 0 Å². The van der Waals surface area contributed by atoms with Crippen LogP contribution in [0.25, 0.3) is 0 Å². The lowest BCUT2D eigenvalue weighted by atomic mass is 10.3. The summed E-state index contributed by atoms with van der Waals surface area (Å²) in [6.07, 6.45) is 0. The van der Waals surface area contributed by atoms with Gasteiger partial charge in [0.25, 0.3) is 0 Å². The predicted molar refractivity (Wildman–Crippen MR) is 49.0 cm³/mol. The molecule has 2 nitrogen and oxygen atoms in total. The fraction of sp³-hybridized carbons (Fsp3) is 0.143. The maximum atomic E-state index is 8.89. The summed E-state index contributed by atoms with van der Waals surface area (Å²) in [7, 11) is 1.00. The van der Waals surface area contributed by atoms with Crippen molar-refractivity contribution in [2.24, 2.45) is 0 Å². The molecule has 4 heteroatoms. The molecule has 0 aliphatic carbocycles. The van der Waals surface area contributed by atoms with E-state index in [9.17, 15) is 0 Å². The van der Waals surface area contributed by atoms with E-state index < -0.39 is 0 Å². The molecule has 1 aromatic rings. The second-order valence-electron chi connectivity index (χ2n) is 1.60. The van der Waals surface area contributed by atoms with Crippen LogP contribution in [0.15, 0.2) is 22.7 Å². The van der Waals surface area contributed by atoms with Crippen LogP contribution in [0, 0.1) is 0 Å². The maximum absolute atomic E-state index is 8.89. The second-order valence-corrected chi connectivity index (χ2v) is 2.92. The molecule has 0 saturated heterocycles. The fourth-order valence-corrected chi connectivity index (χ4v) is 1.15. The molecule has 62 valence electrons. The first-order valence-electron chi connectivity index (χ1n) is 2.79. The van der Waals surface area contributed by atoms with Crippen molar-refractivity contribution in [1.82, 2.24) is 0 Å². The van der Waals surface area contributed by atoms with Gasteiger partial charge in [0.05, 0.1) is 5.02 Å². The minimum atomic E-state index is 0.111. The lowest BCUT2D eigenvalue weighted by Gasteiger charge is -1.93. The highest BCUT2D eigenvalue weighted by molar-refractivity contribution is 9.10. The largest absolute Gasteiger partial charge is 0.506 e. The van der Waals surface area contributed by atoms with Gasteiger partial charge in [-0.1, -0.05) is 27.5 Å². The molecule has 0 bridgehead atoms. The van der Waals surface area contributed by atoms with Crippen LogP contribution in [0.2, 0.25) is 5.02 Å². The minimum absolute atomic E-state index is 0.111. The van der Waals surface area contributed by atoms with Crippen LogP contribution in [-0.4, -0.2) is 17.3 Å². The zero-order chi connectivity index (χ0) is 8.85. The number of benzene rings is 1. The first-order valence-corrected chi connectivity index (χ1v) is 3.96. The van der Waals surface area contributed by atoms with Crippen molar-refractivity contribution >= 4 is 27.5 Å². The Morgan fingerprint density at radius 1 is 1.36 bits per heavy atom. The van der Waals surface area contributed by atoms with Gasteiger partial charge >= 0.3 is 0 Å².